The molecule has 26 heavy (non-hydrogen) atoms. The molecular formula is C18H18BrN5O2. The van der Waals surface area contributed by atoms with Gasteiger partial charge in [-0.2, -0.15) is 4.80 Å². The Morgan fingerprint density at radius 2 is 1.96 bits per heavy atom. The molecule has 0 saturated heterocycles. The van der Waals surface area contributed by atoms with Crippen LogP contribution in [0.3, 0.4) is 0 Å². The topological polar surface area (TPSA) is 81.9 Å². The Morgan fingerprint density at radius 3 is 2.73 bits per heavy atom. The molecule has 0 aliphatic carbocycles. The fraction of sp³-hybridized carbons (Fsp3) is 0.222. The second-order valence-corrected chi connectivity index (χ2v) is 6.48. The summed E-state index contributed by atoms with van der Waals surface area (Å²) in [6.07, 6.45) is 0.685. The zero-order valence-corrected chi connectivity index (χ0v) is 15.8. The number of halogens is 1. The molecule has 134 valence electrons. The van der Waals surface area contributed by atoms with Crippen LogP contribution in [0.15, 0.2) is 53.0 Å². The Balaban J connectivity index is 1.51. The molecule has 3 rings (SSSR count). The molecule has 1 aromatic heterocycles. The molecule has 0 spiro atoms. The van der Waals surface area contributed by atoms with E-state index in [0.717, 1.165) is 21.3 Å². The number of tetrazole rings is 1. The minimum absolute atomic E-state index is 0.0233. The number of benzene rings is 2. The standard InChI is InChI=1S/C18H18BrN5O2/c1-26-16-5-3-2-4-13(16)10-11-20-17(25)12-24-22-18(21-23-24)14-6-8-15(19)9-7-14/h2-9H,10-12H2,1H3,(H,20,25). The Labute approximate surface area is 159 Å². The van der Waals surface area contributed by atoms with E-state index in [1.807, 2.05) is 48.5 Å². The van der Waals surface area contributed by atoms with Gasteiger partial charge in [-0.3, -0.25) is 4.79 Å². The number of amides is 1. The molecule has 0 radical (unpaired) electrons. The second kappa shape index (κ2) is 8.57. The van der Waals surface area contributed by atoms with E-state index in [9.17, 15) is 4.79 Å². The van der Waals surface area contributed by atoms with Crippen LogP contribution in [0.1, 0.15) is 5.56 Å². The average Bonchev–Trinajstić information content (AvgIpc) is 3.11. The third-order valence-corrected chi connectivity index (χ3v) is 4.28. The lowest BCUT2D eigenvalue weighted by atomic mass is 10.1. The molecule has 2 aromatic carbocycles. The van der Waals surface area contributed by atoms with E-state index >= 15 is 0 Å². The van der Waals surface area contributed by atoms with Gasteiger partial charge in [-0.25, -0.2) is 0 Å². The minimum atomic E-state index is -0.167. The molecule has 0 aliphatic heterocycles. The van der Waals surface area contributed by atoms with Crippen LogP contribution in [0, 0.1) is 0 Å². The number of para-hydroxylation sites is 1. The summed E-state index contributed by atoms with van der Waals surface area (Å²) in [6.45, 7) is 0.531. The summed E-state index contributed by atoms with van der Waals surface area (Å²) in [4.78, 5) is 13.4. The van der Waals surface area contributed by atoms with E-state index < -0.39 is 0 Å². The Morgan fingerprint density at radius 1 is 1.19 bits per heavy atom. The molecular weight excluding hydrogens is 398 g/mol. The van der Waals surface area contributed by atoms with E-state index in [1.54, 1.807) is 7.11 Å². The van der Waals surface area contributed by atoms with Crippen LogP contribution in [0.2, 0.25) is 0 Å². The van der Waals surface area contributed by atoms with E-state index in [0.29, 0.717) is 18.8 Å². The third kappa shape index (κ3) is 4.66. The fourth-order valence-corrected chi connectivity index (χ4v) is 2.72. The average molecular weight is 416 g/mol. The SMILES string of the molecule is COc1ccccc1CCNC(=O)Cn1nnc(-c2ccc(Br)cc2)n1. The smallest absolute Gasteiger partial charge is 0.243 e. The number of hydrogen-bond acceptors (Lipinski definition) is 5. The largest absolute Gasteiger partial charge is 0.496 e. The number of hydrogen-bond donors (Lipinski definition) is 1. The van der Waals surface area contributed by atoms with E-state index in [4.69, 9.17) is 4.74 Å². The number of aromatic nitrogens is 4. The second-order valence-electron chi connectivity index (χ2n) is 5.56. The van der Waals surface area contributed by atoms with Crippen molar-refractivity contribution in [3.63, 3.8) is 0 Å². The molecule has 1 heterocycles. The first-order chi connectivity index (χ1) is 12.7. The van der Waals surface area contributed by atoms with Gasteiger partial charge in [0.25, 0.3) is 0 Å². The lowest BCUT2D eigenvalue weighted by molar-refractivity contribution is -0.122. The first-order valence-corrected chi connectivity index (χ1v) is 8.87. The number of methoxy groups -OCH3 is 1. The number of nitrogens with one attached hydrogen (secondary N) is 1. The van der Waals surface area contributed by atoms with Gasteiger partial charge in [-0.15, -0.1) is 10.2 Å². The van der Waals surface area contributed by atoms with Crippen molar-refractivity contribution in [3.8, 4) is 17.1 Å². The van der Waals surface area contributed by atoms with Crippen LogP contribution in [-0.4, -0.2) is 39.8 Å². The highest BCUT2D eigenvalue weighted by atomic mass is 79.9. The Kier molecular flexibility index (Phi) is 5.96. The normalized spacial score (nSPS) is 10.5. The van der Waals surface area contributed by atoms with Crippen LogP contribution in [0.5, 0.6) is 5.75 Å². The molecule has 3 aromatic rings. The Hall–Kier alpha value is -2.74. The van der Waals surface area contributed by atoms with Gasteiger partial charge in [-0.05, 0) is 47.5 Å². The molecule has 0 aliphatic rings. The van der Waals surface area contributed by atoms with Crippen LogP contribution in [0.4, 0.5) is 0 Å². The molecule has 0 atom stereocenters. The monoisotopic (exact) mass is 415 g/mol. The molecule has 0 fully saturated rings. The van der Waals surface area contributed by atoms with Crippen LogP contribution >= 0.6 is 15.9 Å². The number of rotatable bonds is 7. The summed E-state index contributed by atoms with van der Waals surface area (Å²) in [7, 11) is 1.64. The van der Waals surface area contributed by atoms with Crippen molar-refractivity contribution < 1.29 is 9.53 Å². The maximum atomic E-state index is 12.1. The van der Waals surface area contributed by atoms with Gasteiger partial charge in [-0.1, -0.05) is 34.1 Å². The number of ether oxygens (including phenoxy) is 1. The predicted octanol–water partition coefficient (Wildman–Crippen LogP) is 2.47. The zero-order valence-electron chi connectivity index (χ0n) is 14.2. The summed E-state index contributed by atoms with van der Waals surface area (Å²) in [6, 6.07) is 15.3. The van der Waals surface area contributed by atoms with Gasteiger partial charge in [0.1, 0.15) is 12.3 Å². The molecule has 0 bridgehead atoms. The van der Waals surface area contributed by atoms with Crippen molar-refractivity contribution in [3.05, 3.63) is 58.6 Å². The Bertz CT molecular complexity index is 879. The summed E-state index contributed by atoms with van der Waals surface area (Å²) < 4.78 is 6.28. The lowest BCUT2D eigenvalue weighted by Crippen LogP contribution is -2.30. The van der Waals surface area contributed by atoms with E-state index in [2.05, 4.69) is 36.7 Å². The molecule has 1 N–H and O–H groups in total. The van der Waals surface area contributed by atoms with Crippen molar-refractivity contribution in [2.45, 2.75) is 13.0 Å². The maximum Gasteiger partial charge on any atom is 0.243 e. The zero-order chi connectivity index (χ0) is 18.4. The highest BCUT2D eigenvalue weighted by Gasteiger charge is 2.09. The first-order valence-electron chi connectivity index (χ1n) is 8.08. The minimum Gasteiger partial charge on any atom is -0.496 e. The number of carbonyl (C=O) groups excluding carboxylic acids is 1. The summed E-state index contributed by atoms with van der Waals surface area (Å²) >= 11 is 3.38. The third-order valence-electron chi connectivity index (χ3n) is 3.75. The van der Waals surface area contributed by atoms with Gasteiger partial charge in [0.15, 0.2) is 0 Å². The summed E-state index contributed by atoms with van der Waals surface area (Å²) in [5.74, 6) is 1.14. The first kappa shape index (κ1) is 18.1. The van der Waals surface area contributed by atoms with Crippen molar-refractivity contribution in [2.24, 2.45) is 0 Å². The fourth-order valence-electron chi connectivity index (χ4n) is 2.46. The van der Waals surface area contributed by atoms with Gasteiger partial charge in [0, 0.05) is 16.6 Å². The number of carbonyl (C=O) groups is 1. The van der Waals surface area contributed by atoms with Gasteiger partial charge in [0.2, 0.25) is 11.7 Å². The van der Waals surface area contributed by atoms with Gasteiger partial charge < -0.3 is 10.1 Å². The quantitative estimate of drug-likeness (QED) is 0.640. The van der Waals surface area contributed by atoms with Crippen LogP contribution in [0.25, 0.3) is 11.4 Å². The molecule has 0 saturated carbocycles. The van der Waals surface area contributed by atoms with Crippen molar-refractivity contribution in [1.29, 1.82) is 0 Å². The lowest BCUT2D eigenvalue weighted by Gasteiger charge is -2.08. The summed E-state index contributed by atoms with van der Waals surface area (Å²) in [5.41, 5.74) is 1.89. The maximum absolute atomic E-state index is 12.1. The van der Waals surface area contributed by atoms with Gasteiger partial charge >= 0.3 is 0 Å². The molecule has 7 nitrogen and oxygen atoms in total. The van der Waals surface area contributed by atoms with Crippen LogP contribution in [-0.2, 0) is 17.8 Å². The predicted molar refractivity (Wildman–Crippen MR) is 101 cm³/mol. The highest BCUT2D eigenvalue weighted by Crippen LogP contribution is 2.18. The van der Waals surface area contributed by atoms with Crippen molar-refractivity contribution in [2.75, 3.05) is 13.7 Å². The van der Waals surface area contributed by atoms with Gasteiger partial charge in [0.05, 0.1) is 7.11 Å². The number of nitrogens with zero attached hydrogens (tertiary/aromatic N) is 4. The molecule has 0 unspecified atom stereocenters. The van der Waals surface area contributed by atoms with E-state index in [-0.39, 0.29) is 12.5 Å². The van der Waals surface area contributed by atoms with Crippen molar-refractivity contribution >= 4 is 21.8 Å². The van der Waals surface area contributed by atoms with E-state index in [1.165, 1.54) is 4.80 Å². The summed E-state index contributed by atoms with van der Waals surface area (Å²) in [5, 5.41) is 15.0. The molecule has 8 heteroatoms. The molecule has 1 amide bonds. The highest BCUT2D eigenvalue weighted by molar-refractivity contribution is 9.10. The van der Waals surface area contributed by atoms with Crippen LogP contribution < -0.4 is 10.1 Å². The van der Waals surface area contributed by atoms with Crippen molar-refractivity contribution in [1.82, 2.24) is 25.5 Å².